The number of carbonyl (C=O) groups is 2. The van der Waals surface area contributed by atoms with Gasteiger partial charge in [0, 0.05) is 29.7 Å². The van der Waals surface area contributed by atoms with E-state index in [9.17, 15) is 9.59 Å². The number of hydrogen-bond acceptors (Lipinski definition) is 3. The highest BCUT2D eigenvalue weighted by atomic mass is 35.5. The number of rotatable bonds is 4. The summed E-state index contributed by atoms with van der Waals surface area (Å²) in [5.74, 6) is 0.379. The fourth-order valence-electron chi connectivity index (χ4n) is 2.49. The molecule has 0 spiro atoms. The van der Waals surface area contributed by atoms with Gasteiger partial charge in [0.25, 0.3) is 11.8 Å². The van der Waals surface area contributed by atoms with Crippen LogP contribution in [0, 0.1) is 0 Å². The molecule has 128 valence electrons. The van der Waals surface area contributed by atoms with Crippen LogP contribution in [0.2, 0.25) is 5.02 Å². The topological polar surface area (TPSA) is 67.4 Å². The Morgan fingerprint density at radius 2 is 1.88 bits per heavy atom. The third-order valence-electron chi connectivity index (χ3n) is 3.87. The summed E-state index contributed by atoms with van der Waals surface area (Å²) in [6.45, 7) is 0.586. The number of fused-ring (bicyclic) bond motifs is 1. The van der Waals surface area contributed by atoms with E-state index >= 15 is 0 Å². The lowest BCUT2D eigenvalue weighted by Gasteiger charge is -2.18. The number of amides is 2. The summed E-state index contributed by atoms with van der Waals surface area (Å²) in [6.07, 6.45) is 1.79. The first-order valence-corrected chi connectivity index (χ1v) is 8.17. The Bertz CT molecular complexity index is 844. The first-order chi connectivity index (χ1) is 12.1. The first-order valence-electron chi connectivity index (χ1n) is 7.79. The predicted molar refractivity (Wildman–Crippen MR) is 96.6 cm³/mol. The molecule has 0 radical (unpaired) electrons. The minimum Gasteiger partial charge on any atom is -0.488 e. The zero-order valence-corrected chi connectivity index (χ0v) is 14.4. The van der Waals surface area contributed by atoms with Gasteiger partial charge in [-0.3, -0.25) is 9.59 Å². The summed E-state index contributed by atoms with van der Waals surface area (Å²) in [6, 6.07) is 12.4. The van der Waals surface area contributed by atoms with Gasteiger partial charge in [-0.25, -0.2) is 0 Å². The van der Waals surface area contributed by atoms with Gasteiger partial charge in [0.15, 0.2) is 0 Å². The highest BCUT2D eigenvalue weighted by Crippen LogP contribution is 2.28. The first kappa shape index (κ1) is 17.0. The molecule has 0 fully saturated rings. The van der Waals surface area contributed by atoms with Crippen LogP contribution in [-0.2, 0) is 11.3 Å². The van der Waals surface area contributed by atoms with Crippen molar-refractivity contribution in [1.82, 2.24) is 10.6 Å². The van der Waals surface area contributed by atoms with Gasteiger partial charge in [0.05, 0.1) is 5.57 Å². The molecule has 0 saturated carbocycles. The summed E-state index contributed by atoms with van der Waals surface area (Å²) < 4.78 is 5.59. The summed E-state index contributed by atoms with van der Waals surface area (Å²) >= 11 is 5.98. The fourth-order valence-corrected chi connectivity index (χ4v) is 2.67. The molecule has 0 unspecified atom stereocenters. The van der Waals surface area contributed by atoms with Crippen LogP contribution in [0.15, 0.2) is 48.0 Å². The molecule has 1 heterocycles. The van der Waals surface area contributed by atoms with E-state index in [1.54, 1.807) is 43.5 Å². The van der Waals surface area contributed by atoms with Gasteiger partial charge in [0.1, 0.15) is 12.4 Å². The Hall–Kier alpha value is -2.79. The summed E-state index contributed by atoms with van der Waals surface area (Å²) in [7, 11) is 1.59. The molecule has 0 aromatic heterocycles. The normalized spacial score (nSPS) is 12.5. The second kappa shape index (κ2) is 7.40. The van der Waals surface area contributed by atoms with Crippen molar-refractivity contribution >= 4 is 29.5 Å². The van der Waals surface area contributed by atoms with Crippen LogP contribution in [0.5, 0.6) is 5.75 Å². The van der Waals surface area contributed by atoms with Crippen LogP contribution in [0.3, 0.4) is 0 Å². The molecule has 0 saturated heterocycles. The molecule has 5 nitrogen and oxygen atoms in total. The Morgan fingerprint density at radius 1 is 1.12 bits per heavy atom. The molecule has 0 bridgehead atoms. The lowest BCUT2D eigenvalue weighted by Crippen LogP contribution is -2.28. The van der Waals surface area contributed by atoms with E-state index in [1.165, 1.54) is 0 Å². The maximum Gasteiger partial charge on any atom is 0.251 e. The van der Waals surface area contributed by atoms with Crippen LogP contribution >= 0.6 is 11.6 Å². The molecule has 2 aromatic carbocycles. The van der Waals surface area contributed by atoms with E-state index < -0.39 is 0 Å². The van der Waals surface area contributed by atoms with E-state index in [4.69, 9.17) is 16.3 Å². The van der Waals surface area contributed by atoms with Gasteiger partial charge < -0.3 is 15.4 Å². The molecule has 25 heavy (non-hydrogen) atoms. The average molecular weight is 357 g/mol. The monoisotopic (exact) mass is 356 g/mol. The van der Waals surface area contributed by atoms with Crippen LogP contribution in [0.4, 0.5) is 0 Å². The number of halogens is 1. The van der Waals surface area contributed by atoms with E-state index in [-0.39, 0.29) is 18.4 Å². The van der Waals surface area contributed by atoms with Gasteiger partial charge in [-0.1, -0.05) is 23.7 Å². The summed E-state index contributed by atoms with van der Waals surface area (Å²) in [5, 5.41) is 6.02. The van der Waals surface area contributed by atoms with Gasteiger partial charge in [0.2, 0.25) is 0 Å². The highest BCUT2D eigenvalue weighted by Gasteiger charge is 2.17. The third-order valence-corrected chi connectivity index (χ3v) is 4.11. The van der Waals surface area contributed by atoms with E-state index in [0.717, 1.165) is 11.1 Å². The maximum atomic E-state index is 12.3. The van der Waals surface area contributed by atoms with Crippen LogP contribution in [-0.4, -0.2) is 25.5 Å². The molecular formula is C19H17ClN2O3. The highest BCUT2D eigenvalue weighted by molar-refractivity contribution is 6.30. The molecule has 1 aliphatic heterocycles. The smallest absolute Gasteiger partial charge is 0.251 e. The quantitative estimate of drug-likeness (QED) is 0.885. The molecule has 2 amide bonds. The fraction of sp³-hybridized carbons (Fsp3) is 0.158. The number of ether oxygens (including phenoxy) is 1. The molecule has 3 rings (SSSR count). The Balaban J connectivity index is 1.64. The number of nitrogens with one attached hydrogen (secondary N) is 2. The minimum absolute atomic E-state index is 0.141. The SMILES string of the molecule is CNC(=O)c1ccc(CNC(=O)C2=Cc3cc(Cl)ccc3OC2)cc1. The second-order valence-corrected chi connectivity index (χ2v) is 6.04. The molecule has 0 atom stereocenters. The molecule has 0 aliphatic carbocycles. The van der Waals surface area contributed by atoms with Crippen molar-refractivity contribution in [3.63, 3.8) is 0 Å². The Morgan fingerprint density at radius 3 is 2.60 bits per heavy atom. The van der Waals surface area contributed by atoms with Crippen LogP contribution < -0.4 is 15.4 Å². The van der Waals surface area contributed by atoms with Crippen LogP contribution in [0.25, 0.3) is 6.08 Å². The molecule has 6 heteroatoms. The number of carbonyl (C=O) groups excluding carboxylic acids is 2. The summed E-state index contributed by atoms with van der Waals surface area (Å²) in [5.41, 5.74) is 2.81. The van der Waals surface area contributed by atoms with Crippen molar-refractivity contribution in [2.24, 2.45) is 0 Å². The van der Waals surface area contributed by atoms with Crippen molar-refractivity contribution in [3.05, 3.63) is 69.8 Å². The Labute approximate surface area is 150 Å². The van der Waals surface area contributed by atoms with Gasteiger partial charge >= 0.3 is 0 Å². The second-order valence-electron chi connectivity index (χ2n) is 5.60. The van der Waals surface area contributed by atoms with Crippen molar-refractivity contribution in [1.29, 1.82) is 0 Å². The van der Waals surface area contributed by atoms with E-state index in [1.807, 2.05) is 12.1 Å². The standard InChI is InChI=1S/C19H17ClN2O3/c1-21-18(23)13-4-2-12(3-5-13)10-22-19(24)15-8-14-9-16(20)6-7-17(14)25-11-15/h2-9H,10-11H2,1H3,(H,21,23)(H,22,24). The number of hydrogen-bond donors (Lipinski definition) is 2. The number of benzene rings is 2. The van der Waals surface area contributed by atoms with Gasteiger partial charge in [-0.05, 0) is 42.0 Å². The van der Waals surface area contributed by atoms with Crippen LogP contribution in [0.1, 0.15) is 21.5 Å². The molecule has 1 aliphatic rings. The van der Waals surface area contributed by atoms with Crippen molar-refractivity contribution < 1.29 is 14.3 Å². The molecular weight excluding hydrogens is 340 g/mol. The summed E-state index contributed by atoms with van der Waals surface area (Å²) in [4.78, 5) is 23.8. The largest absolute Gasteiger partial charge is 0.488 e. The van der Waals surface area contributed by atoms with Gasteiger partial charge in [-0.15, -0.1) is 0 Å². The Kier molecular flexibility index (Phi) is 5.05. The zero-order chi connectivity index (χ0) is 17.8. The lowest BCUT2D eigenvalue weighted by molar-refractivity contribution is -0.117. The lowest BCUT2D eigenvalue weighted by atomic mass is 10.1. The van der Waals surface area contributed by atoms with E-state index in [2.05, 4.69) is 10.6 Å². The minimum atomic E-state index is -0.194. The van der Waals surface area contributed by atoms with Gasteiger partial charge in [-0.2, -0.15) is 0 Å². The average Bonchev–Trinajstić information content (AvgIpc) is 2.65. The predicted octanol–water partition coefficient (Wildman–Crippen LogP) is 2.79. The van der Waals surface area contributed by atoms with E-state index in [0.29, 0.717) is 28.5 Å². The van der Waals surface area contributed by atoms with Crippen molar-refractivity contribution in [2.75, 3.05) is 13.7 Å². The van der Waals surface area contributed by atoms with Crippen molar-refractivity contribution in [2.45, 2.75) is 6.54 Å². The third kappa shape index (κ3) is 4.00. The molecule has 2 aromatic rings. The molecule has 2 N–H and O–H groups in total. The maximum absolute atomic E-state index is 12.3. The zero-order valence-electron chi connectivity index (χ0n) is 13.6. The van der Waals surface area contributed by atoms with Crippen molar-refractivity contribution in [3.8, 4) is 5.75 Å².